The minimum atomic E-state index is -0.835. The third-order valence-corrected chi connectivity index (χ3v) is 2.16. The molecular weight excluding hydrogens is 222 g/mol. The molecule has 0 spiro atoms. The second kappa shape index (κ2) is 5.83. The highest BCUT2D eigenvalue weighted by Crippen LogP contribution is 2.07. The molecule has 0 aliphatic carbocycles. The first kappa shape index (κ1) is 13.0. The molecule has 0 saturated carbocycles. The molecule has 0 fully saturated rings. The maximum Gasteiger partial charge on any atom is 0.303 e. The van der Waals surface area contributed by atoms with Gasteiger partial charge in [-0.15, -0.1) is 0 Å². The Kier molecular flexibility index (Phi) is 4.45. The molecular formula is C11H15N3O3. The van der Waals surface area contributed by atoms with Gasteiger partial charge in [-0.3, -0.25) is 9.59 Å². The standard InChI is InChI=1S/C11H15N3O3/c1-7(5-10(15)16)6-13-9-4-2-3-8(14-9)11(12)17/h2-4,7H,5-6H2,1H3,(H2,12,17)(H,13,14)(H,15,16). The second-order valence-electron chi connectivity index (χ2n) is 3.86. The van der Waals surface area contributed by atoms with Crippen LogP contribution in [0.1, 0.15) is 23.8 Å². The minimum Gasteiger partial charge on any atom is -0.481 e. The predicted molar refractivity (Wildman–Crippen MR) is 62.7 cm³/mol. The van der Waals surface area contributed by atoms with Crippen LogP contribution in [-0.4, -0.2) is 28.5 Å². The highest BCUT2D eigenvalue weighted by molar-refractivity contribution is 5.91. The monoisotopic (exact) mass is 237 g/mol. The Labute approximate surface area is 98.8 Å². The summed E-state index contributed by atoms with van der Waals surface area (Å²) in [6, 6.07) is 4.88. The number of carboxylic acid groups (broad SMARTS) is 1. The van der Waals surface area contributed by atoms with Crippen molar-refractivity contribution >= 4 is 17.7 Å². The zero-order valence-electron chi connectivity index (χ0n) is 9.51. The number of primary amides is 1. The molecule has 1 unspecified atom stereocenters. The Morgan fingerprint density at radius 2 is 2.24 bits per heavy atom. The summed E-state index contributed by atoms with van der Waals surface area (Å²) in [5.41, 5.74) is 5.28. The Morgan fingerprint density at radius 3 is 2.82 bits per heavy atom. The number of amides is 1. The number of pyridine rings is 1. The Balaban J connectivity index is 2.54. The molecule has 4 N–H and O–H groups in total. The van der Waals surface area contributed by atoms with Gasteiger partial charge >= 0.3 is 5.97 Å². The first-order valence-electron chi connectivity index (χ1n) is 5.21. The number of aliphatic carboxylic acids is 1. The molecule has 6 nitrogen and oxygen atoms in total. The molecule has 1 aromatic rings. The van der Waals surface area contributed by atoms with Crippen LogP contribution in [0.15, 0.2) is 18.2 Å². The smallest absolute Gasteiger partial charge is 0.303 e. The molecule has 0 aromatic carbocycles. The number of nitrogens with zero attached hydrogens (tertiary/aromatic N) is 1. The number of anilines is 1. The third-order valence-electron chi connectivity index (χ3n) is 2.16. The van der Waals surface area contributed by atoms with Crippen molar-refractivity contribution in [2.45, 2.75) is 13.3 Å². The molecule has 0 aliphatic heterocycles. The zero-order valence-corrected chi connectivity index (χ0v) is 9.51. The number of carbonyl (C=O) groups excluding carboxylic acids is 1. The fourth-order valence-electron chi connectivity index (χ4n) is 1.32. The van der Waals surface area contributed by atoms with Gasteiger partial charge in [0.1, 0.15) is 11.5 Å². The number of carbonyl (C=O) groups is 2. The molecule has 92 valence electrons. The highest BCUT2D eigenvalue weighted by Gasteiger charge is 2.08. The average molecular weight is 237 g/mol. The van der Waals surface area contributed by atoms with E-state index in [-0.39, 0.29) is 18.0 Å². The van der Waals surface area contributed by atoms with E-state index in [2.05, 4.69) is 10.3 Å². The van der Waals surface area contributed by atoms with Crippen LogP contribution in [0.2, 0.25) is 0 Å². The third kappa shape index (κ3) is 4.50. The van der Waals surface area contributed by atoms with Gasteiger partial charge in [0.2, 0.25) is 0 Å². The largest absolute Gasteiger partial charge is 0.481 e. The quantitative estimate of drug-likeness (QED) is 0.675. The molecule has 1 heterocycles. The van der Waals surface area contributed by atoms with Crippen molar-refractivity contribution in [3.63, 3.8) is 0 Å². The van der Waals surface area contributed by atoms with Crippen LogP contribution < -0.4 is 11.1 Å². The molecule has 0 radical (unpaired) electrons. The van der Waals surface area contributed by atoms with E-state index >= 15 is 0 Å². The van der Waals surface area contributed by atoms with Gasteiger partial charge in [0.15, 0.2) is 0 Å². The molecule has 0 saturated heterocycles. The molecule has 1 atom stereocenters. The Hall–Kier alpha value is -2.11. The molecule has 17 heavy (non-hydrogen) atoms. The van der Waals surface area contributed by atoms with E-state index in [0.29, 0.717) is 12.4 Å². The van der Waals surface area contributed by atoms with Crippen LogP contribution in [0.3, 0.4) is 0 Å². The van der Waals surface area contributed by atoms with E-state index in [9.17, 15) is 9.59 Å². The summed E-state index contributed by atoms with van der Waals surface area (Å²) in [7, 11) is 0. The average Bonchev–Trinajstić information content (AvgIpc) is 2.26. The van der Waals surface area contributed by atoms with Gasteiger partial charge in [0, 0.05) is 13.0 Å². The summed E-state index contributed by atoms with van der Waals surface area (Å²) in [4.78, 5) is 25.3. The molecule has 0 aliphatic rings. The van der Waals surface area contributed by atoms with Crippen molar-refractivity contribution in [2.24, 2.45) is 11.7 Å². The van der Waals surface area contributed by atoms with E-state index < -0.39 is 11.9 Å². The number of rotatable bonds is 6. The first-order chi connectivity index (χ1) is 7.99. The maximum atomic E-state index is 10.9. The van der Waals surface area contributed by atoms with Gasteiger partial charge < -0.3 is 16.2 Å². The van der Waals surface area contributed by atoms with Crippen LogP contribution in [0.5, 0.6) is 0 Å². The molecule has 1 aromatic heterocycles. The van der Waals surface area contributed by atoms with E-state index in [1.165, 1.54) is 6.07 Å². The van der Waals surface area contributed by atoms with Crippen molar-refractivity contribution in [2.75, 3.05) is 11.9 Å². The number of aromatic nitrogens is 1. The zero-order chi connectivity index (χ0) is 12.8. The van der Waals surface area contributed by atoms with Crippen LogP contribution in [0.25, 0.3) is 0 Å². The van der Waals surface area contributed by atoms with Gasteiger partial charge in [0.25, 0.3) is 5.91 Å². The number of carboxylic acids is 1. The highest BCUT2D eigenvalue weighted by atomic mass is 16.4. The van der Waals surface area contributed by atoms with Gasteiger partial charge in [-0.05, 0) is 18.1 Å². The van der Waals surface area contributed by atoms with Gasteiger partial charge in [-0.2, -0.15) is 0 Å². The fourth-order valence-corrected chi connectivity index (χ4v) is 1.32. The van der Waals surface area contributed by atoms with Gasteiger partial charge in [-0.25, -0.2) is 4.98 Å². The maximum absolute atomic E-state index is 10.9. The summed E-state index contributed by atoms with van der Waals surface area (Å²) in [6.07, 6.45) is 0.0858. The second-order valence-corrected chi connectivity index (χ2v) is 3.86. The number of nitrogens with one attached hydrogen (secondary N) is 1. The summed E-state index contributed by atoms with van der Waals surface area (Å²) in [6.45, 7) is 2.29. The van der Waals surface area contributed by atoms with Crippen molar-refractivity contribution in [3.05, 3.63) is 23.9 Å². The van der Waals surface area contributed by atoms with Crippen LogP contribution in [0.4, 0.5) is 5.82 Å². The van der Waals surface area contributed by atoms with Crippen molar-refractivity contribution in [3.8, 4) is 0 Å². The minimum absolute atomic E-state index is 0.0217. The number of hydrogen-bond donors (Lipinski definition) is 3. The van der Waals surface area contributed by atoms with Crippen molar-refractivity contribution in [1.29, 1.82) is 0 Å². The van der Waals surface area contributed by atoms with Crippen LogP contribution in [-0.2, 0) is 4.79 Å². The topological polar surface area (TPSA) is 105 Å². The summed E-state index contributed by atoms with van der Waals surface area (Å²) in [5.74, 6) is -0.935. The lowest BCUT2D eigenvalue weighted by molar-refractivity contribution is -0.137. The molecule has 6 heteroatoms. The summed E-state index contributed by atoms with van der Waals surface area (Å²) in [5, 5.41) is 11.6. The number of nitrogens with two attached hydrogens (primary N) is 1. The summed E-state index contributed by atoms with van der Waals surface area (Å²) < 4.78 is 0. The van der Waals surface area contributed by atoms with Crippen molar-refractivity contribution in [1.82, 2.24) is 4.98 Å². The lowest BCUT2D eigenvalue weighted by Gasteiger charge is -2.11. The summed E-state index contributed by atoms with van der Waals surface area (Å²) >= 11 is 0. The van der Waals surface area contributed by atoms with Crippen LogP contribution >= 0.6 is 0 Å². The Morgan fingerprint density at radius 1 is 1.53 bits per heavy atom. The molecule has 1 rings (SSSR count). The van der Waals surface area contributed by atoms with Crippen molar-refractivity contribution < 1.29 is 14.7 Å². The lowest BCUT2D eigenvalue weighted by atomic mass is 10.1. The van der Waals surface area contributed by atoms with Gasteiger partial charge in [0.05, 0.1) is 0 Å². The van der Waals surface area contributed by atoms with E-state index in [0.717, 1.165) is 0 Å². The molecule has 0 bridgehead atoms. The van der Waals surface area contributed by atoms with E-state index in [1.54, 1.807) is 12.1 Å². The first-order valence-corrected chi connectivity index (χ1v) is 5.21. The number of hydrogen-bond acceptors (Lipinski definition) is 4. The predicted octanol–water partition coefficient (Wildman–Crippen LogP) is 0.703. The van der Waals surface area contributed by atoms with Crippen LogP contribution in [0, 0.1) is 5.92 Å². The Bertz CT molecular complexity index is 420. The SMILES string of the molecule is CC(CNc1cccc(C(N)=O)n1)CC(=O)O. The molecule has 1 amide bonds. The lowest BCUT2D eigenvalue weighted by Crippen LogP contribution is -2.17. The normalized spacial score (nSPS) is 11.8. The van der Waals surface area contributed by atoms with E-state index in [1.807, 2.05) is 6.92 Å². The van der Waals surface area contributed by atoms with E-state index in [4.69, 9.17) is 10.8 Å². The fraction of sp³-hybridized carbons (Fsp3) is 0.364. The van der Waals surface area contributed by atoms with Gasteiger partial charge in [-0.1, -0.05) is 13.0 Å².